The number of amides is 1. The highest BCUT2D eigenvalue weighted by Gasteiger charge is 2.48. The number of ether oxygens (including phenoxy) is 1. The van der Waals surface area contributed by atoms with Crippen LogP contribution >= 0.6 is 0 Å². The van der Waals surface area contributed by atoms with Crippen LogP contribution in [0.1, 0.15) is 34.9 Å². The number of carboxylic acid groups (broad SMARTS) is 1. The molecule has 1 amide bonds. The molecule has 0 spiro atoms. The maximum atomic E-state index is 13.5. The summed E-state index contributed by atoms with van der Waals surface area (Å²) in [7, 11) is 0. The Labute approximate surface area is 191 Å². The SMILES string of the molecule is O=C(O)[C@H]1[C@H]2CC=C[C@H]2c2ccccc2N1C(=O)OCC1c2ccccc2-c2ccccc21. The van der Waals surface area contributed by atoms with E-state index in [4.69, 9.17) is 4.74 Å². The zero-order valence-electron chi connectivity index (χ0n) is 17.9. The smallest absolute Gasteiger partial charge is 0.415 e. The summed E-state index contributed by atoms with van der Waals surface area (Å²) in [5.74, 6) is -1.28. The third-order valence-corrected chi connectivity index (χ3v) is 7.24. The van der Waals surface area contributed by atoms with Crippen molar-refractivity contribution in [3.8, 4) is 11.1 Å². The van der Waals surface area contributed by atoms with E-state index in [0.717, 1.165) is 27.8 Å². The first kappa shape index (κ1) is 19.8. The van der Waals surface area contributed by atoms with Gasteiger partial charge in [-0.05, 0) is 40.3 Å². The van der Waals surface area contributed by atoms with Gasteiger partial charge >= 0.3 is 12.1 Å². The van der Waals surface area contributed by atoms with E-state index >= 15 is 0 Å². The van der Waals surface area contributed by atoms with Gasteiger partial charge in [0.05, 0.1) is 5.69 Å². The van der Waals surface area contributed by atoms with Gasteiger partial charge in [-0.2, -0.15) is 0 Å². The average molecular weight is 437 g/mol. The molecule has 0 radical (unpaired) electrons. The van der Waals surface area contributed by atoms with Crippen molar-refractivity contribution >= 4 is 17.7 Å². The van der Waals surface area contributed by atoms with Crippen molar-refractivity contribution in [1.29, 1.82) is 0 Å². The summed E-state index contributed by atoms with van der Waals surface area (Å²) in [5, 5.41) is 10.1. The van der Waals surface area contributed by atoms with Crippen LogP contribution in [0.3, 0.4) is 0 Å². The van der Waals surface area contributed by atoms with Gasteiger partial charge in [-0.1, -0.05) is 78.9 Å². The number of benzene rings is 3. The lowest BCUT2D eigenvalue weighted by Crippen LogP contribution is -2.53. The lowest BCUT2D eigenvalue weighted by atomic mass is 9.78. The Morgan fingerprint density at radius 2 is 1.48 bits per heavy atom. The number of hydrogen-bond acceptors (Lipinski definition) is 3. The molecule has 3 aliphatic rings. The van der Waals surface area contributed by atoms with Crippen molar-refractivity contribution in [2.45, 2.75) is 24.3 Å². The van der Waals surface area contributed by atoms with Gasteiger partial charge in [0.1, 0.15) is 12.6 Å². The van der Waals surface area contributed by atoms with Gasteiger partial charge in [0.25, 0.3) is 0 Å². The maximum Gasteiger partial charge on any atom is 0.415 e. The molecule has 164 valence electrons. The van der Waals surface area contributed by atoms with E-state index in [1.807, 2.05) is 54.6 Å². The van der Waals surface area contributed by atoms with E-state index in [1.165, 1.54) is 4.90 Å². The van der Waals surface area contributed by atoms with Gasteiger partial charge in [0.15, 0.2) is 0 Å². The zero-order chi connectivity index (χ0) is 22.5. The Morgan fingerprint density at radius 3 is 2.15 bits per heavy atom. The van der Waals surface area contributed by atoms with Crippen LogP contribution in [0, 0.1) is 5.92 Å². The molecule has 0 bridgehead atoms. The van der Waals surface area contributed by atoms with E-state index in [-0.39, 0.29) is 24.4 Å². The van der Waals surface area contributed by atoms with Crippen molar-refractivity contribution in [1.82, 2.24) is 0 Å². The van der Waals surface area contributed by atoms with E-state index in [1.54, 1.807) is 0 Å². The largest absolute Gasteiger partial charge is 0.480 e. The molecule has 0 aromatic heterocycles. The number of carboxylic acids is 1. The Bertz CT molecular complexity index is 1250. The minimum absolute atomic E-state index is 0.0000593. The molecule has 5 heteroatoms. The lowest BCUT2D eigenvalue weighted by molar-refractivity contribution is -0.140. The molecule has 3 atom stereocenters. The molecule has 1 aliphatic heterocycles. The van der Waals surface area contributed by atoms with Gasteiger partial charge < -0.3 is 9.84 Å². The average Bonchev–Trinajstić information content (AvgIpc) is 3.45. The number of nitrogens with zero attached hydrogens (tertiary/aromatic N) is 1. The minimum Gasteiger partial charge on any atom is -0.480 e. The van der Waals surface area contributed by atoms with Gasteiger partial charge in [-0.3, -0.25) is 4.90 Å². The summed E-state index contributed by atoms with van der Waals surface area (Å²) in [4.78, 5) is 27.2. The molecule has 3 aromatic rings. The number of hydrogen-bond donors (Lipinski definition) is 1. The van der Waals surface area contributed by atoms with Crippen LogP contribution in [0.25, 0.3) is 11.1 Å². The fourth-order valence-electron chi connectivity index (χ4n) is 5.83. The fraction of sp³-hybridized carbons (Fsp3) is 0.214. The number of carbonyl (C=O) groups excluding carboxylic acids is 1. The van der Waals surface area contributed by atoms with E-state index in [2.05, 4.69) is 30.3 Å². The third-order valence-electron chi connectivity index (χ3n) is 7.24. The predicted molar refractivity (Wildman–Crippen MR) is 125 cm³/mol. The van der Waals surface area contributed by atoms with Crippen molar-refractivity contribution in [2.75, 3.05) is 11.5 Å². The molecular formula is C28H23NO4. The van der Waals surface area contributed by atoms with Crippen molar-refractivity contribution in [3.63, 3.8) is 0 Å². The van der Waals surface area contributed by atoms with Crippen LogP contribution in [0.2, 0.25) is 0 Å². The molecule has 0 fully saturated rings. The second-order valence-electron chi connectivity index (χ2n) is 8.87. The van der Waals surface area contributed by atoms with Crippen molar-refractivity contribution in [2.24, 2.45) is 5.92 Å². The number of allylic oxidation sites excluding steroid dienone is 2. The first-order valence-corrected chi connectivity index (χ1v) is 11.3. The number of fused-ring (bicyclic) bond motifs is 6. The molecular weight excluding hydrogens is 414 g/mol. The quantitative estimate of drug-likeness (QED) is 0.544. The molecule has 0 saturated heterocycles. The molecule has 3 aromatic carbocycles. The highest BCUT2D eigenvalue weighted by atomic mass is 16.6. The minimum atomic E-state index is -1.00. The Kier molecular flexibility index (Phi) is 4.57. The van der Waals surface area contributed by atoms with E-state index < -0.39 is 18.1 Å². The van der Waals surface area contributed by atoms with Crippen molar-refractivity contribution in [3.05, 3.63) is 102 Å². The standard InChI is InChI=1S/C28H23NO4/c30-27(31)26-23-14-7-13-21(23)22-12-5-6-15-25(22)29(26)28(32)33-16-24-19-10-3-1-8-17(19)18-9-2-4-11-20(18)24/h1-13,15,21,23-24,26H,14,16H2,(H,30,31)/t21-,23-,26+/m0/s1. The molecule has 33 heavy (non-hydrogen) atoms. The fourth-order valence-corrected chi connectivity index (χ4v) is 5.83. The summed E-state index contributed by atoms with van der Waals surface area (Å²) in [6, 6.07) is 22.9. The number of para-hydroxylation sites is 1. The Balaban J connectivity index is 1.33. The van der Waals surface area contributed by atoms with Crippen LogP contribution in [-0.4, -0.2) is 29.8 Å². The molecule has 1 N–H and O–H groups in total. The summed E-state index contributed by atoms with van der Waals surface area (Å²) >= 11 is 0. The predicted octanol–water partition coefficient (Wildman–Crippen LogP) is 5.57. The van der Waals surface area contributed by atoms with Crippen molar-refractivity contribution < 1.29 is 19.4 Å². The lowest BCUT2D eigenvalue weighted by Gasteiger charge is -2.41. The zero-order valence-corrected chi connectivity index (χ0v) is 17.9. The topological polar surface area (TPSA) is 66.8 Å². The highest BCUT2D eigenvalue weighted by Crippen LogP contribution is 2.48. The van der Waals surface area contributed by atoms with Crippen LogP contribution in [-0.2, 0) is 9.53 Å². The second-order valence-corrected chi connectivity index (χ2v) is 8.87. The number of anilines is 1. The third kappa shape index (κ3) is 2.99. The van der Waals surface area contributed by atoms with E-state index in [0.29, 0.717) is 12.1 Å². The van der Waals surface area contributed by atoms with Crippen LogP contribution in [0.5, 0.6) is 0 Å². The molecule has 1 heterocycles. The number of aliphatic carboxylic acids is 1. The second kappa shape index (κ2) is 7.62. The van der Waals surface area contributed by atoms with Gasteiger partial charge in [0, 0.05) is 17.8 Å². The Hall–Kier alpha value is -3.86. The van der Waals surface area contributed by atoms with Gasteiger partial charge in [0.2, 0.25) is 0 Å². The summed E-state index contributed by atoms with van der Waals surface area (Å²) < 4.78 is 5.87. The van der Waals surface area contributed by atoms with Crippen LogP contribution in [0.4, 0.5) is 10.5 Å². The van der Waals surface area contributed by atoms with Crippen LogP contribution < -0.4 is 4.90 Å². The first-order chi connectivity index (χ1) is 16.1. The monoisotopic (exact) mass is 437 g/mol. The first-order valence-electron chi connectivity index (χ1n) is 11.3. The number of carbonyl (C=O) groups is 2. The van der Waals surface area contributed by atoms with Gasteiger partial charge in [-0.15, -0.1) is 0 Å². The summed E-state index contributed by atoms with van der Waals surface area (Å²) in [5.41, 5.74) is 6.15. The molecule has 0 saturated carbocycles. The Morgan fingerprint density at radius 1 is 0.879 bits per heavy atom. The summed E-state index contributed by atoms with van der Waals surface area (Å²) in [6.45, 7) is 0.157. The highest BCUT2D eigenvalue weighted by molar-refractivity contribution is 5.97. The summed E-state index contributed by atoms with van der Waals surface area (Å²) in [6.07, 6.45) is 4.10. The molecule has 0 unspecified atom stereocenters. The molecule has 2 aliphatic carbocycles. The number of rotatable bonds is 3. The molecule has 6 rings (SSSR count). The maximum absolute atomic E-state index is 13.5. The van der Waals surface area contributed by atoms with Crippen LogP contribution in [0.15, 0.2) is 84.9 Å². The van der Waals surface area contributed by atoms with Gasteiger partial charge in [-0.25, -0.2) is 9.59 Å². The normalized spacial score (nSPS) is 22.3. The van der Waals surface area contributed by atoms with E-state index in [9.17, 15) is 14.7 Å². The molecule has 5 nitrogen and oxygen atoms in total.